The average Bonchev–Trinajstić information content (AvgIpc) is 3.19. The molecule has 1 aromatic rings. The number of amides is 2. The molecule has 2 N–H and O–H groups in total. The summed E-state index contributed by atoms with van der Waals surface area (Å²) in [6.07, 6.45) is 3.70. The fourth-order valence-corrected chi connectivity index (χ4v) is 5.50. The van der Waals surface area contributed by atoms with Crippen LogP contribution in [0.25, 0.3) is 0 Å². The molecule has 0 radical (unpaired) electrons. The maximum atomic E-state index is 13.3. The monoisotopic (exact) mass is 469 g/mol. The molecule has 2 aliphatic rings. The lowest BCUT2D eigenvalue weighted by Gasteiger charge is -2.33. The highest BCUT2D eigenvalue weighted by Crippen LogP contribution is 2.29. The molecule has 9 nitrogen and oxygen atoms in total. The molecule has 1 saturated heterocycles. The van der Waals surface area contributed by atoms with E-state index in [-0.39, 0.29) is 31.0 Å². The first-order valence-corrected chi connectivity index (χ1v) is 12.5. The van der Waals surface area contributed by atoms with Crippen LogP contribution < -0.4 is 5.32 Å². The Morgan fingerprint density at radius 2 is 1.75 bits per heavy atom. The molecule has 3 rings (SSSR count). The zero-order valence-corrected chi connectivity index (χ0v) is 18.7. The van der Waals surface area contributed by atoms with Crippen molar-refractivity contribution in [2.75, 3.05) is 19.3 Å². The van der Waals surface area contributed by atoms with Gasteiger partial charge in [-0.3, -0.25) is 14.4 Å². The number of hydrogen-bond donors (Lipinski definition) is 2. The van der Waals surface area contributed by atoms with Crippen LogP contribution in [-0.4, -0.2) is 72.1 Å². The van der Waals surface area contributed by atoms with Gasteiger partial charge in [0.05, 0.1) is 12.7 Å². The summed E-state index contributed by atoms with van der Waals surface area (Å²) < 4.78 is 38.8. The van der Waals surface area contributed by atoms with Crippen LogP contribution in [0.5, 0.6) is 0 Å². The van der Waals surface area contributed by atoms with Gasteiger partial charge in [-0.15, -0.1) is 0 Å². The molecule has 1 heterocycles. The van der Waals surface area contributed by atoms with E-state index >= 15 is 0 Å². The highest BCUT2D eigenvalue weighted by atomic mass is 32.2. The summed E-state index contributed by atoms with van der Waals surface area (Å²) >= 11 is 0. The molecule has 1 aliphatic heterocycles. The van der Waals surface area contributed by atoms with Gasteiger partial charge in [0.25, 0.3) is 11.8 Å². The Bertz CT molecular complexity index is 962. The summed E-state index contributed by atoms with van der Waals surface area (Å²) in [4.78, 5) is 38.8. The zero-order chi connectivity index (χ0) is 23.5. The summed E-state index contributed by atoms with van der Waals surface area (Å²) in [7, 11) is -3.83. The Hall–Kier alpha value is -2.53. The summed E-state index contributed by atoms with van der Waals surface area (Å²) in [6.45, 7) is -0.0920. The van der Waals surface area contributed by atoms with Crippen molar-refractivity contribution in [2.45, 2.75) is 50.7 Å². The SMILES string of the molecule is CS(=O)(=O)N1CCN(C(=O)c2ccc(F)cc2)C1C(=O)NC(CC(=O)O)C1CCCCC1. The maximum Gasteiger partial charge on any atom is 0.305 e. The van der Waals surface area contributed by atoms with Gasteiger partial charge in [-0.1, -0.05) is 19.3 Å². The van der Waals surface area contributed by atoms with Gasteiger partial charge in [-0.25, -0.2) is 12.8 Å². The summed E-state index contributed by atoms with van der Waals surface area (Å²) in [5, 5.41) is 12.1. The minimum Gasteiger partial charge on any atom is -0.481 e. The van der Waals surface area contributed by atoms with Gasteiger partial charge in [0.2, 0.25) is 10.0 Å². The smallest absolute Gasteiger partial charge is 0.305 e. The highest BCUT2D eigenvalue weighted by molar-refractivity contribution is 7.88. The Balaban J connectivity index is 1.87. The van der Waals surface area contributed by atoms with E-state index in [1.54, 1.807) is 0 Å². The molecule has 1 saturated carbocycles. The minimum absolute atomic E-state index is 0.0195. The molecule has 32 heavy (non-hydrogen) atoms. The van der Waals surface area contributed by atoms with E-state index < -0.39 is 45.8 Å². The normalized spacial score (nSPS) is 21.3. The number of nitrogens with one attached hydrogen (secondary N) is 1. The minimum atomic E-state index is -3.83. The molecule has 0 aromatic heterocycles. The second kappa shape index (κ2) is 9.95. The largest absolute Gasteiger partial charge is 0.481 e. The van der Waals surface area contributed by atoms with Gasteiger partial charge in [-0.2, -0.15) is 4.31 Å². The molecule has 2 unspecified atom stereocenters. The van der Waals surface area contributed by atoms with Crippen LogP contribution in [0.2, 0.25) is 0 Å². The van der Waals surface area contributed by atoms with Gasteiger partial charge < -0.3 is 15.3 Å². The number of carbonyl (C=O) groups is 3. The number of halogens is 1. The molecule has 0 spiro atoms. The van der Waals surface area contributed by atoms with Crippen molar-refractivity contribution in [2.24, 2.45) is 5.92 Å². The first kappa shape index (κ1) is 24.1. The number of sulfonamides is 1. The van der Waals surface area contributed by atoms with Crippen molar-refractivity contribution >= 4 is 27.8 Å². The number of nitrogens with zero attached hydrogens (tertiary/aromatic N) is 2. The van der Waals surface area contributed by atoms with Gasteiger partial charge >= 0.3 is 5.97 Å². The molecule has 1 aliphatic carbocycles. The van der Waals surface area contributed by atoms with E-state index in [9.17, 15) is 32.3 Å². The van der Waals surface area contributed by atoms with Gasteiger partial charge in [-0.05, 0) is 43.0 Å². The molecule has 1 aromatic carbocycles. The molecule has 0 bridgehead atoms. The molecule has 2 amide bonds. The van der Waals surface area contributed by atoms with Crippen molar-refractivity contribution in [3.8, 4) is 0 Å². The van der Waals surface area contributed by atoms with Crippen molar-refractivity contribution in [1.82, 2.24) is 14.5 Å². The van der Waals surface area contributed by atoms with Crippen molar-refractivity contribution in [3.63, 3.8) is 0 Å². The zero-order valence-electron chi connectivity index (χ0n) is 17.9. The van der Waals surface area contributed by atoms with E-state index in [2.05, 4.69) is 5.32 Å². The predicted molar refractivity (Wildman–Crippen MR) is 114 cm³/mol. The lowest BCUT2D eigenvalue weighted by atomic mass is 9.82. The number of aliphatic carboxylic acids is 1. The fourth-order valence-electron chi connectivity index (χ4n) is 4.51. The van der Waals surface area contributed by atoms with Crippen molar-refractivity contribution in [3.05, 3.63) is 35.6 Å². The third kappa shape index (κ3) is 5.63. The van der Waals surface area contributed by atoms with Crippen LogP contribution in [0, 0.1) is 11.7 Å². The van der Waals surface area contributed by atoms with Crippen molar-refractivity contribution < 1.29 is 32.3 Å². The first-order chi connectivity index (χ1) is 15.1. The van der Waals surface area contributed by atoms with Crippen LogP contribution in [0.15, 0.2) is 24.3 Å². The third-order valence-corrected chi connectivity index (χ3v) is 7.32. The summed E-state index contributed by atoms with van der Waals surface area (Å²) in [5.41, 5.74) is 0.119. The Morgan fingerprint density at radius 1 is 1.12 bits per heavy atom. The van der Waals surface area contributed by atoms with Crippen molar-refractivity contribution in [1.29, 1.82) is 0 Å². The maximum absolute atomic E-state index is 13.3. The molecular formula is C21H28FN3O6S. The van der Waals surface area contributed by atoms with E-state index in [1.165, 1.54) is 12.1 Å². The molecule has 11 heteroatoms. The van der Waals surface area contributed by atoms with E-state index in [1.807, 2.05) is 0 Å². The number of carbonyl (C=O) groups excluding carboxylic acids is 2. The number of benzene rings is 1. The second-order valence-electron chi connectivity index (χ2n) is 8.36. The standard InChI is InChI=1S/C21H28FN3O6S/c1-32(30,31)25-12-11-24(21(29)15-7-9-16(22)10-8-15)20(25)19(28)23-17(13-18(26)27)14-5-3-2-4-6-14/h7-10,14,17,20H,2-6,11-13H2,1H3,(H,23,28)(H,26,27). The average molecular weight is 470 g/mol. The van der Waals surface area contributed by atoms with Gasteiger partial charge in [0.1, 0.15) is 5.82 Å². The van der Waals surface area contributed by atoms with Gasteiger partial charge in [0, 0.05) is 24.7 Å². The summed E-state index contributed by atoms with van der Waals surface area (Å²) in [6, 6.07) is 4.10. The van der Waals surface area contributed by atoms with Gasteiger partial charge in [0.15, 0.2) is 6.17 Å². The highest BCUT2D eigenvalue weighted by Gasteiger charge is 2.45. The number of rotatable bonds is 7. The Morgan fingerprint density at radius 3 is 2.31 bits per heavy atom. The lowest BCUT2D eigenvalue weighted by Crippen LogP contribution is -2.56. The molecule has 2 atom stereocenters. The van der Waals surface area contributed by atoms with E-state index in [0.717, 1.165) is 59.7 Å². The molecule has 2 fully saturated rings. The summed E-state index contributed by atoms with van der Waals surface area (Å²) in [5.74, 6) is -2.97. The molecular weight excluding hydrogens is 441 g/mol. The topological polar surface area (TPSA) is 124 Å². The van der Waals surface area contributed by atoms with Crippen LogP contribution in [0.1, 0.15) is 48.9 Å². The van der Waals surface area contributed by atoms with Crippen LogP contribution >= 0.6 is 0 Å². The van der Waals surface area contributed by atoms with Crippen LogP contribution in [0.4, 0.5) is 4.39 Å². The van der Waals surface area contributed by atoms with Crippen LogP contribution in [-0.2, 0) is 19.6 Å². The van der Waals surface area contributed by atoms with E-state index in [0.29, 0.717) is 0 Å². The van der Waals surface area contributed by atoms with E-state index in [4.69, 9.17) is 0 Å². The Kier molecular flexibility index (Phi) is 7.50. The Labute approximate surface area is 186 Å². The number of carboxylic acid groups (broad SMARTS) is 1. The lowest BCUT2D eigenvalue weighted by molar-refractivity contribution is -0.138. The second-order valence-corrected chi connectivity index (χ2v) is 10.3. The predicted octanol–water partition coefficient (Wildman–Crippen LogP) is 1.41. The first-order valence-electron chi connectivity index (χ1n) is 10.6. The third-order valence-electron chi connectivity index (χ3n) is 6.08. The molecule has 176 valence electrons. The fraction of sp³-hybridized carbons (Fsp3) is 0.571. The quantitative estimate of drug-likeness (QED) is 0.622. The van der Waals surface area contributed by atoms with Crippen LogP contribution in [0.3, 0.4) is 0 Å². The number of hydrogen-bond acceptors (Lipinski definition) is 5. The number of carboxylic acids is 1.